The van der Waals surface area contributed by atoms with E-state index in [1.807, 2.05) is 11.4 Å². The Labute approximate surface area is 105 Å². The summed E-state index contributed by atoms with van der Waals surface area (Å²) in [7, 11) is 0. The van der Waals surface area contributed by atoms with Gasteiger partial charge in [0.25, 0.3) is 0 Å². The largest absolute Gasteiger partial charge is 0.382 e. The minimum atomic E-state index is -0.575. The molecule has 0 spiro atoms. The molecular formula is C14H15NOS. The summed E-state index contributed by atoms with van der Waals surface area (Å²) < 4.78 is 0. The third-order valence-electron chi connectivity index (χ3n) is 3.42. The van der Waals surface area contributed by atoms with Gasteiger partial charge in [0.15, 0.2) is 0 Å². The van der Waals surface area contributed by atoms with Gasteiger partial charge >= 0.3 is 0 Å². The van der Waals surface area contributed by atoms with Crippen molar-refractivity contribution in [3.8, 4) is 0 Å². The van der Waals surface area contributed by atoms with Crippen molar-refractivity contribution in [2.24, 2.45) is 0 Å². The monoisotopic (exact) mass is 245 g/mol. The Balaban J connectivity index is 1.93. The smallest absolute Gasteiger partial charge is 0.122 e. The van der Waals surface area contributed by atoms with E-state index in [0.29, 0.717) is 0 Å². The number of benzene rings is 1. The number of nitrogens with zero attached hydrogens (tertiary/aromatic N) is 1. The van der Waals surface area contributed by atoms with E-state index < -0.39 is 6.10 Å². The lowest BCUT2D eigenvalue weighted by Gasteiger charge is -2.18. The molecule has 0 aliphatic heterocycles. The summed E-state index contributed by atoms with van der Waals surface area (Å²) >= 11 is 1.52. The van der Waals surface area contributed by atoms with E-state index >= 15 is 0 Å². The van der Waals surface area contributed by atoms with Gasteiger partial charge in [-0.2, -0.15) is 0 Å². The Morgan fingerprint density at radius 1 is 1.18 bits per heavy atom. The molecule has 1 N–H and O–H groups in total. The van der Waals surface area contributed by atoms with Crippen LogP contribution in [0.25, 0.3) is 0 Å². The molecule has 3 rings (SSSR count). The first-order chi connectivity index (χ1) is 8.34. The van der Waals surface area contributed by atoms with Crippen molar-refractivity contribution in [2.75, 3.05) is 0 Å². The summed E-state index contributed by atoms with van der Waals surface area (Å²) in [4.78, 5) is 4.17. The van der Waals surface area contributed by atoms with E-state index in [4.69, 9.17) is 0 Å². The first-order valence-corrected chi connectivity index (χ1v) is 6.97. The number of aliphatic hydroxyl groups is 1. The van der Waals surface area contributed by atoms with Crippen molar-refractivity contribution in [3.63, 3.8) is 0 Å². The number of hydrogen-bond donors (Lipinski definition) is 1. The number of aliphatic hydroxyl groups excluding tert-OH is 1. The van der Waals surface area contributed by atoms with E-state index in [2.05, 4.69) is 17.1 Å². The van der Waals surface area contributed by atoms with Gasteiger partial charge in [0, 0.05) is 5.38 Å². The van der Waals surface area contributed by atoms with Crippen molar-refractivity contribution >= 4 is 11.3 Å². The lowest BCUT2D eigenvalue weighted by atomic mass is 9.89. The average molecular weight is 245 g/mol. The minimum Gasteiger partial charge on any atom is -0.382 e. The summed E-state index contributed by atoms with van der Waals surface area (Å²) in [5.41, 5.74) is 6.34. The van der Waals surface area contributed by atoms with Crippen molar-refractivity contribution in [3.05, 3.63) is 51.5 Å². The summed E-state index contributed by atoms with van der Waals surface area (Å²) in [5.74, 6) is 0. The molecule has 88 valence electrons. The van der Waals surface area contributed by atoms with Gasteiger partial charge in [0.05, 0.1) is 11.2 Å². The zero-order chi connectivity index (χ0) is 11.7. The van der Waals surface area contributed by atoms with Gasteiger partial charge in [-0.1, -0.05) is 18.2 Å². The molecule has 17 heavy (non-hydrogen) atoms. The Morgan fingerprint density at radius 3 is 2.76 bits per heavy atom. The van der Waals surface area contributed by atoms with Crippen LogP contribution in [0.4, 0.5) is 0 Å². The zero-order valence-electron chi connectivity index (χ0n) is 9.60. The second-order valence-electron chi connectivity index (χ2n) is 4.55. The van der Waals surface area contributed by atoms with Crippen LogP contribution < -0.4 is 0 Å². The molecule has 2 nitrogen and oxygen atoms in total. The number of fused-ring (bicyclic) bond motifs is 1. The van der Waals surface area contributed by atoms with Gasteiger partial charge < -0.3 is 5.11 Å². The lowest BCUT2D eigenvalue weighted by Crippen LogP contribution is -2.06. The van der Waals surface area contributed by atoms with Crippen LogP contribution in [0.1, 0.15) is 41.3 Å². The molecule has 1 aliphatic rings. The van der Waals surface area contributed by atoms with Gasteiger partial charge in [0.2, 0.25) is 0 Å². The SMILES string of the molecule is OC(c1ccc2c(c1)CCCC2)c1cscn1. The highest BCUT2D eigenvalue weighted by Gasteiger charge is 2.15. The second-order valence-corrected chi connectivity index (χ2v) is 5.27. The van der Waals surface area contributed by atoms with Crippen molar-refractivity contribution in [2.45, 2.75) is 31.8 Å². The molecule has 1 heterocycles. The van der Waals surface area contributed by atoms with Crippen molar-refractivity contribution < 1.29 is 5.11 Å². The maximum atomic E-state index is 10.2. The van der Waals surface area contributed by atoms with Gasteiger partial charge in [-0.25, -0.2) is 4.98 Å². The highest BCUT2D eigenvalue weighted by atomic mass is 32.1. The first kappa shape index (κ1) is 10.9. The molecule has 1 aromatic carbocycles. The third-order valence-corrected chi connectivity index (χ3v) is 4.02. The van der Waals surface area contributed by atoms with Gasteiger partial charge in [-0.3, -0.25) is 0 Å². The van der Waals surface area contributed by atoms with Gasteiger partial charge in [-0.05, 0) is 42.4 Å². The molecule has 2 aromatic rings. The predicted molar refractivity (Wildman–Crippen MR) is 69.3 cm³/mol. The Hall–Kier alpha value is -1.19. The Kier molecular flexibility index (Phi) is 2.95. The fourth-order valence-corrected chi connectivity index (χ4v) is 3.02. The molecule has 1 aliphatic carbocycles. The van der Waals surface area contributed by atoms with Crippen LogP contribution in [0.5, 0.6) is 0 Å². The van der Waals surface area contributed by atoms with Crippen LogP contribution in [0, 0.1) is 0 Å². The zero-order valence-corrected chi connectivity index (χ0v) is 10.4. The molecule has 0 amide bonds. The van der Waals surface area contributed by atoms with Crippen LogP contribution in [0.3, 0.4) is 0 Å². The number of aromatic nitrogens is 1. The predicted octanol–water partition coefficient (Wildman–Crippen LogP) is 3.10. The van der Waals surface area contributed by atoms with Crippen molar-refractivity contribution in [1.29, 1.82) is 0 Å². The van der Waals surface area contributed by atoms with E-state index in [1.165, 1.54) is 41.7 Å². The molecule has 1 aromatic heterocycles. The summed E-state index contributed by atoms with van der Waals surface area (Å²) in [6.07, 6.45) is 4.31. The molecule has 0 saturated carbocycles. The molecule has 1 unspecified atom stereocenters. The summed E-state index contributed by atoms with van der Waals surface area (Å²) in [6, 6.07) is 6.35. The second kappa shape index (κ2) is 4.59. The molecule has 0 radical (unpaired) electrons. The highest BCUT2D eigenvalue weighted by Crippen LogP contribution is 2.27. The quantitative estimate of drug-likeness (QED) is 0.882. The van der Waals surface area contributed by atoms with Crippen LogP contribution >= 0.6 is 11.3 Å². The van der Waals surface area contributed by atoms with Crippen LogP contribution in [-0.4, -0.2) is 10.1 Å². The maximum absolute atomic E-state index is 10.2. The number of hydrogen-bond acceptors (Lipinski definition) is 3. The molecular weight excluding hydrogens is 230 g/mol. The van der Waals surface area contributed by atoms with E-state index in [1.54, 1.807) is 5.51 Å². The maximum Gasteiger partial charge on any atom is 0.122 e. The van der Waals surface area contributed by atoms with E-state index in [-0.39, 0.29) is 0 Å². The minimum absolute atomic E-state index is 0.575. The Bertz CT molecular complexity index is 507. The van der Waals surface area contributed by atoms with Crippen LogP contribution in [-0.2, 0) is 12.8 Å². The van der Waals surface area contributed by atoms with E-state index in [0.717, 1.165) is 17.7 Å². The third kappa shape index (κ3) is 2.13. The number of rotatable bonds is 2. The van der Waals surface area contributed by atoms with Crippen LogP contribution in [0.2, 0.25) is 0 Å². The normalized spacial score (nSPS) is 16.5. The topological polar surface area (TPSA) is 33.1 Å². The summed E-state index contributed by atoms with van der Waals surface area (Å²) in [5, 5.41) is 12.1. The first-order valence-electron chi connectivity index (χ1n) is 6.02. The summed E-state index contributed by atoms with van der Waals surface area (Å²) in [6.45, 7) is 0. The highest BCUT2D eigenvalue weighted by molar-refractivity contribution is 7.07. The fraction of sp³-hybridized carbons (Fsp3) is 0.357. The fourth-order valence-electron chi connectivity index (χ4n) is 2.45. The number of aryl methyl sites for hydroxylation is 2. The molecule has 0 saturated heterocycles. The molecule has 0 bridgehead atoms. The average Bonchev–Trinajstić information content (AvgIpc) is 2.91. The standard InChI is InChI=1S/C14H15NOS/c16-14(13-8-17-9-15-13)12-6-5-10-3-1-2-4-11(10)7-12/h5-9,14,16H,1-4H2. The van der Waals surface area contributed by atoms with Gasteiger partial charge in [-0.15, -0.1) is 11.3 Å². The van der Waals surface area contributed by atoms with Gasteiger partial charge in [0.1, 0.15) is 6.10 Å². The molecule has 3 heteroatoms. The molecule has 1 atom stereocenters. The van der Waals surface area contributed by atoms with E-state index in [9.17, 15) is 5.11 Å². The lowest BCUT2D eigenvalue weighted by molar-refractivity contribution is 0.216. The van der Waals surface area contributed by atoms with Crippen LogP contribution in [0.15, 0.2) is 29.1 Å². The number of thiazole rings is 1. The van der Waals surface area contributed by atoms with Crippen molar-refractivity contribution in [1.82, 2.24) is 4.98 Å². The Morgan fingerprint density at radius 2 is 2.00 bits per heavy atom. The molecule has 0 fully saturated rings.